The van der Waals surface area contributed by atoms with Crippen LogP contribution in [0.15, 0.2) is 204 Å². The second kappa shape index (κ2) is 22.2. The molecule has 56 heavy (non-hydrogen) atoms. The first-order valence-electron chi connectivity index (χ1n) is 20.2. The smallest absolute Gasteiger partial charge is 0.0208 e. The number of hydrogen-bond acceptors (Lipinski definition) is 3. The predicted octanol–water partition coefficient (Wildman–Crippen LogP) is 13.2. The van der Waals surface area contributed by atoms with Gasteiger partial charge in [-0.1, -0.05) is 182 Å². The minimum atomic E-state index is -2.61. The van der Waals surface area contributed by atoms with Crippen molar-refractivity contribution in [2.24, 2.45) is 0 Å². The zero-order valence-electron chi connectivity index (χ0n) is 34.5. The van der Waals surface area contributed by atoms with Gasteiger partial charge in [-0.3, -0.25) is 0 Å². The van der Waals surface area contributed by atoms with E-state index in [0.29, 0.717) is 0 Å². The summed E-state index contributed by atoms with van der Waals surface area (Å²) in [6, 6.07) is 62.7. The SMILES string of the molecule is [CH3][Ti]([CH3])([CH3])([CH3])([CH3])[C]1=CC=CC1.c1ccc(CNCc2ccccc2)cc1.c1ccc(CNCc2ccccc2)cc1.c1ccc(CNCc2ccccc2)cc1. The number of nitrogens with one attached hydrogen (secondary N) is 3. The van der Waals surface area contributed by atoms with Crippen LogP contribution in [0.25, 0.3) is 0 Å². The summed E-state index contributed by atoms with van der Waals surface area (Å²) in [7, 11) is 0. The van der Waals surface area contributed by atoms with Gasteiger partial charge in [0.1, 0.15) is 0 Å². The topological polar surface area (TPSA) is 36.1 Å². The molecule has 0 heterocycles. The fourth-order valence-corrected chi connectivity index (χ4v) is 9.23. The van der Waals surface area contributed by atoms with Crippen molar-refractivity contribution in [3.8, 4) is 0 Å². The van der Waals surface area contributed by atoms with Gasteiger partial charge >= 0.3 is 68.7 Å². The third kappa shape index (κ3) is 18.8. The van der Waals surface area contributed by atoms with Gasteiger partial charge in [0, 0.05) is 39.3 Å². The summed E-state index contributed by atoms with van der Waals surface area (Å²) in [5, 5.41) is 22.7. The first kappa shape index (κ1) is 44.1. The molecule has 0 bridgehead atoms. The minimum Gasteiger partial charge on any atom is -0.309 e. The maximum absolute atomic E-state index is 3.42. The molecule has 0 aliphatic heterocycles. The Labute approximate surface area is 337 Å². The molecule has 0 atom stereocenters. The van der Waals surface area contributed by atoms with Crippen molar-refractivity contribution in [3.05, 3.63) is 237 Å². The molecular weight excluding hydrogens is 714 g/mol. The van der Waals surface area contributed by atoms with Crippen LogP contribution in [0.1, 0.15) is 39.8 Å². The van der Waals surface area contributed by atoms with Crippen LogP contribution in [-0.2, 0) is 53.3 Å². The first-order valence-corrected chi connectivity index (χ1v) is 28.8. The van der Waals surface area contributed by atoms with Crippen molar-refractivity contribution in [2.75, 3.05) is 0 Å². The molecule has 0 saturated carbocycles. The number of benzene rings is 6. The number of rotatable bonds is 13. The monoisotopic (exact) mass is 779 g/mol. The Morgan fingerprint density at radius 3 is 0.696 bits per heavy atom. The van der Waals surface area contributed by atoms with Crippen molar-refractivity contribution in [1.29, 1.82) is 0 Å². The molecule has 0 saturated heterocycles. The zero-order chi connectivity index (χ0) is 39.9. The quantitative estimate of drug-likeness (QED) is 0.102. The summed E-state index contributed by atoms with van der Waals surface area (Å²) in [5.41, 5.74) is 7.96. The van der Waals surface area contributed by atoms with E-state index in [1.54, 1.807) is 3.88 Å². The summed E-state index contributed by atoms with van der Waals surface area (Å²) >= 11 is -2.61. The van der Waals surface area contributed by atoms with Gasteiger partial charge in [-0.05, 0) is 33.4 Å². The Morgan fingerprint density at radius 1 is 0.339 bits per heavy atom. The Hall–Kier alpha value is -4.61. The largest absolute Gasteiger partial charge is 0.309 e. The van der Waals surface area contributed by atoms with Crippen LogP contribution >= 0.6 is 0 Å². The van der Waals surface area contributed by atoms with Crippen LogP contribution in [0.5, 0.6) is 0 Å². The predicted molar refractivity (Wildman–Crippen MR) is 241 cm³/mol. The molecule has 292 valence electrons. The molecule has 0 aromatic heterocycles. The van der Waals surface area contributed by atoms with E-state index in [9.17, 15) is 0 Å². The van der Waals surface area contributed by atoms with Crippen molar-refractivity contribution < 1.29 is 14.0 Å². The van der Waals surface area contributed by atoms with Crippen LogP contribution in [0.2, 0.25) is 26.1 Å². The Kier molecular flexibility index (Phi) is 17.5. The molecule has 0 spiro atoms. The molecule has 3 nitrogen and oxygen atoms in total. The molecule has 7 rings (SSSR count). The molecule has 6 aromatic rings. The first-order chi connectivity index (χ1) is 26.9. The van der Waals surface area contributed by atoms with E-state index < -0.39 is 14.0 Å². The average molecular weight is 780 g/mol. The molecule has 4 heteroatoms. The van der Waals surface area contributed by atoms with E-state index in [2.05, 4.69) is 206 Å². The Balaban J connectivity index is 0.000000167. The van der Waals surface area contributed by atoms with Crippen molar-refractivity contribution in [1.82, 2.24) is 16.0 Å². The van der Waals surface area contributed by atoms with Gasteiger partial charge in [-0.15, -0.1) is 0 Å². The van der Waals surface area contributed by atoms with Crippen LogP contribution in [0.3, 0.4) is 0 Å². The molecule has 0 radical (unpaired) electrons. The third-order valence-electron chi connectivity index (χ3n) is 9.41. The van der Waals surface area contributed by atoms with E-state index >= 15 is 0 Å². The van der Waals surface area contributed by atoms with Gasteiger partial charge in [-0.2, -0.15) is 0 Å². The standard InChI is InChI=1S/3C14H15N.C5H5.5CH3.Ti/c3*1-3-7-13(8-4-1)11-15-12-14-9-5-2-6-10-14;1-2-4-5-3-1;;;;;;/h3*1-10,15H,11-12H2;1-3H,4H2;5*1H3;. The van der Waals surface area contributed by atoms with Gasteiger partial charge in [-0.25, -0.2) is 0 Å². The average Bonchev–Trinajstić information content (AvgIpc) is 3.79. The number of hydrogen-bond donors (Lipinski definition) is 3. The van der Waals surface area contributed by atoms with Crippen LogP contribution < -0.4 is 16.0 Å². The summed E-state index contributed by atoms with van der Waals surface area (Å²) < 4.78 is 1.70. The molecule has 0 amide bonds. The molecular formula is C52H65N3Ti. The van der Waals surface area contributed by atoms with E-state index in [-0.39, 0.29) is 0 Å². The molecule has 1 aliphatic carbocycles. The Morgan fingerprint density at radius 2 is 0.554 bits per heavy atom. The van der Waals surface area contributed by atoms with Crippen molar-refractivity contribution in [3.63, 3.8) is 0 Å². The van der Waals surface area contributed by atoms with Gasteiger partial charge < -0.3 is 16.0 Å². The van der Waals surface area contributed by atoms with Crippen LogP contribution in [-0.4, -0.2) is 0 Å². The minimum absolute atomic E-state index is 0.926. The normalized spacial score (nSPS) is 12.9. The summed E-state index contributed by atoms with van der Waals surface area (Å²) in [6.45, 7) is 5.56. The van der Waals surface area contributed by atoms with E-state index in [1.165, 1.54) is 39.8 Å². The molecule has 6 aromatic carbocycles. The van der Waals surface area contributed by atoms with Crippen molar-refractivity contribution in [2.45, 2.75) is 71.8 Å². The fraction of sp³-hybridized carbons (Fsp3) is 0.231. The number of allylic oxidation sites excluding steroid dienone is 4. The van der Waals surface area contributed by atoms with E-state index in [1.807, 2.05) is 36.4 Å². The maximum atomic E-state index is 3.42. The molecule has 0 unspecified atom stereocenters. The summed E-state index contributed by atoms with van der Waals surface area (Å²) in [5.74, 6) is 0. The summed E-state index contributed by atoms with van der Waals surface area (Å²) in [4.78, 5) is 0. The van der Waals surface area contributed by atoms with Gasteiger partial charge in [0.05, 0.1) is 0 Å². The van der Waals surface area contributed by atoms with Gasteiger partial charge in [0.25, 0.3) is 0 Å². The molecule has 0 fully saturated rings. The second-order valence-corrected chi connectivity index (χ2v) is 38.8. The summed E-state index contributed by atoms with van der Waals surface area (Å²) in [6.07, 6.45) is 7.98. The van der Waals surface area contributed by atoms with Crippen molar-refractivity contribution >= 4 is 0 Å². The fourth-order valence-electron chi connectivity index (χ4n) is 6.00. The van der Waals surface area contributed by atoms with E-state index in [0.717, 1.165) is 39.3 Å². The second-order valence-electron chi connectivity index (χ2n) is 18.3. The third-order valence-corrected chi connectivity index (χ3v) is 15.0. The molecule has 3 N–H and O–H groups in total. The van der Waals surface area contributed by atoms with Crippen LogP contribution in [0, 0.1) is 0 Å². The van der Waals surface area contributed by atoms with Crippen LogP contribution in [0.4, 0.5) is 0 Å². The Bertz CT molecular complexity index is 1660. The van der Waals surface area contributed by atoms with E-state index in [4.69, 9.17) is 0 Å². The zero-order valence-corrected chi connectivity index (χ0v) is 36.1. The maximum Gasteiger partial charge on any atom is 0.0208 e. The van der Waals surface area contributed by atoms with Gasteiger partial charge in [0.15, 0.2) is 0 Å². The van der Waals surface area contributed by atoms with Gasteiger partial charge in [0.2, 0.25) is 0 Å². The molecule has 1 aliphatic rings.